The smallest absolute Gasteiger partial charge is 0.203 e. The zero-order valence-corrected chi connectivity index (χ0v) is 15.9. The Morgan fingerprint density at radius 1 is 1.15 bits per heavy atom. The molecule has 0 aliphatic rings. The summed E-state index contributed by atoms with van der Waals surface area (Å²) in [6, 6.07) is 18.0. The monoisotopic (exact) mass is 365 g/mol. The van der Waals surface area contributed by atoms with Gasteiger partial charge in [0.05, 0.1) is 18.5 Å². The summed E-state index contributed by atoms with van der Waals surface area (Å²) in [4.78, 5) is 4.56. The number of hydrazone groups is 1. The van der Waals surface area contributed by atoms with E-state index in [0.717, 1.165) is 40.7 Å². The minimum Gasteiger partial charge on any atom is -0.494 e. The Morgan fingerprint density at radius 3 is 2.81 bits per heavy atom. The summed E-state index contributed by atoms with van der Waals surface area (Å²) in [5.74, 6) is 1.51. The lowest BCUT2D eigenvalue weighted by atomic mass is 10.1. The van der Waals surface area contributed by atoms with Gasteiger partial charge in [0.15, 0.2) is 0 Å². The molecule has 0 aliphatic heterocycles. The van der Waals surface area contributed by atoms with Crippen LogP contribution in [-0.2, 0) is 0 Å². The van der Waals surface area contributed by atoms with Gasteiger partial charge in [-0.2, -0.15) is 5.10 Å². The highest BCUT2D eigenvalue weighted by atomic mass is 32.1. The summed E-state index contributed by atoms with van der Waals surface area (Å²) in [6.07, 6.45) is 2.83. The summed E-state index contributed by atoms with van der Waals surface area (Å²) >= 11 is 1.54. The fourth-order valence-corrected chi connectivity index (χ4v) is 2.99. The SMILES string of the molecule is CC(C)CCOc1cccc(C=NNc2nc(-c3ccccc3)cs2)c1. The standard InChI is InChI=1S/C21H23N3OS/c1-16(2)11-12-25-19-10-6-7-17(13-19)14-22-24-21-23-20(15-26-21)18-8-4-3-5-9-18/h3-10,13-16H,11-12H2,1-2H3,(H,23,24). The van der Waals surface area contributed by atoms with Crippen molar-refractivity contribution in [2.45, 2.75) is 20.3 Å². The van der Waals surface area contributed by atoms with E-state index in [1.54, 1.807) is 6.21 Å². The molecular weight excluding hydrogens is 342 g/mol. The first kappa shape index (κ1) is 18.1. The van der Waals surface area contributed by atoms with E-state index in [0.29, 0.717) is 5.92 Å². The molecule has 1 heterocycles. The molecule has 26 heavy (non-hydrogen) atoms. The first-order valence-electron chi connectivity index (χ1n) is 8.73. The second-order valence-electron chi connectivity index (χ2n) is 6.38. The van der Waals surface area contributed by atoms with Crippen LogP contribution in [0.5, 0.6) is 5.75 Å². The van der Waals surface area contributed by atoms with Crippen molar-refractivity contribution in [1.82, 2.24) is 4.98 Å². The molecule has 5 heteroatoms. The number of anilines is 1. The molecule has 2 aromatic carbocycles. The number of nitrogens with zero attached hydrogens (tertiary/aromatic N) is 2. The molecule has 0 spiro atoms. The molecule has 0 saturated carbocycles. The Morgan fingerprint density at radius 2 is 2.00 bits per heavy atom. The molecule has 0 bridgehead atoms. The van der Waals surface area contributed by atoms with Gasteiger partial charge in [-0.15, -0.1) is 11.3 Å². The second-order valence-corrected chi connectivity index (χ2v) is 7.24. The van der Waals surface area contributed by atoms with Crippen molar-refractivity contribution in [2.75, 3.05) is 12.0 Å². The highest BCUT2D eigenvalue weighted by molar-refractivity contribution is 7.14. The number of thiazole rings is 1. The normalized spacial score (nSPS) is 11.2. The number of rotatable bonds is 8. The topological polar surface area (TPSA) is 46.5 Å². The van der Waals surface area contributed by atoms with Gasteiger partial charge in [-0.05, 0) is 30.0 Å². The lowest BCUT2D eigenvalue weighted by Gasteiger charge is -2.08. The van der Waals surface area contributed by atoms with Crippen LogP contribution < -0.4 is 10.2 Å². The van der Waals surface area contributed by atoms with Crippen LogP contribution in [0.25, 0.3) is 11.3 Å². The molecule has 0 aliphatic carbocycles. The van der Waals surface area contributed by atoms with Crippen LogP contribution >= 0.6 is 11.3 Å². The molecule has 0 unspecified atom stereocenters. The van der Waals surface area contributed by atoms with Crippen molar-refractivity contribution < 1.29 is 4.74 Å². The molecule has 4 nitrogen and oxygen atoms in total. The van der Waals surface area contributed by atoms with E-state index in [-0.39, 0.29) is 0 Å². The van der Waals surface area contributed by atoms with Gasteiger partial charge in [-0.3, -0.25) is 5.43 Å². The van der Waals surface area contributed by atoms with Gasteiger partial charge in [-0.25, -0.2) is 4.98 Å². The van der Waals surface area contributed by atoms with Gasteiger partial charge in [0, 0.05) is 10.9 Å². The van der Waals surface area contributed by atoms with Crippen LogP contribution in [0.2, 0.25) is 0 Å². The first-order chi connectivity index (χ1) is 12.7. The fourth-order valence-electron chi connectivity index (χ4n) is 2.33. The van der Waals surface area contributed by atoms with E-state index >= 15 is 0 Å². The summed E-state index contributed by atoms with van der Waals surface area (Å²) in [5, 5.41) is 7.08. The minimum atomic E-state index is 0.642. The molecule has 0 amide bonds. The molecule has 1 N–H and O–H groups in total. The van der Waals surface area contributed by atoms with Crippen molar-refractivity contribution in [3.05, 3.63) is 65.5 Å². The van der Waals surface area contributed by atoms with E-state index < -0.39 is 0 Å². The average molecular weight is 366 g/mol. The molecule has 1 aromatic heterocycles. The van der Waals surface area contributed by atoms with E-state index in [4.69, 9.17) is 4.74 Å². The van der Waals surface area contributed by atoms with Crippen LogP contribution in [0.15, 0.2) is 65.1 Å². The Balaban J connectivity index is 1.56. The molecule has 3 rings (SSSR count). The van der Waals surface area contributed by atoms with Gasteiger partial charge in [0.25, 0.3) is 0 Å². The van der Waals surface area contributed by atoms with E-state index in [9.17, 15) is 0 Å². The molecule has 3 aromatic rings. The van der Waals surface area contributed by atoms with Crippen molar-refractivity contribution in [1.29, 1.82) is 0 Å². The minimum absolute atomic E-state index is 0.642. The van der Waals surface area contributed by atoms with E-state index in [2.05, 4.69) is 29.4 Å². The summed E-state index contributed by atoms with van der Waals surface area (Å²) in [7, 11) is 0. The average Bonchev–Trinajstić information content (AvgIpc) is 3.12. The number of aromatic nitrogens is 1. The van der Waals surface area contributed by atoms with Crippen LogP contribution in [-0.4, -0.2) is 17.8 Å². The van der Waals surface area contributed by atoms with E-state index in [1.165, 1.54) is 11.3 Å². The van der Waals surface area contributed by atoms with Crippen molar-refractivity contribution in [3.8, 4) is 17.0 Å². The maximum absolute atomic E-state index is 5.78. The molecule has 0 saturated heterocycles. The quantitative estimate of drug-likeness (QED) is 0.412. The Bertz CT molecular complexity index is 843. The number of hydrogen-bond donors (Lipinski definition) is 1. The van der Waals surface area contributed by atoms with Gasteiger partial charge < -0.3 is 4.74 Å². The van der Waals surface area contributed by atoms with Crippen LogP contribution in [0.3, 0.4) is 0 Å². The van der Waals surface area contributed by atoms with Crippen LogP contribution in [0, 0.1) is 5.92 Å². The highest BCUT2D eigenvalue weighted by Crippen LogP contribution is 2.24. The lowest BCUT2D eigenvalue weighted by Crippen LogP contribution is -2.01. The number of hydrogen-bond acceptors (Lipinski definition) is 5. The predicted molar refractivity (Wildman–Crippen MR) is 110 cm³/mol. The third kappa shape index (κ3) is 5.43. The Labute approximate surface area is 158 Å². The third-order valence-electron chi connectivity index (χ3n) is 3.77. The van der Waals surface area contributed by atoms with Crippen molar-refractivity contribution >= 4 is 22.7 Å². The molecular formula is C21H23N3OS. The Kier molecular flexibility index (Phi) is 6.39. The number of ether oxygens (including phenoxy) is 1. The largest absolute Gasteiger partial charge is 0.494 e. The molecule has 134 valence electrons. The Hall–Kier alpha value is -2.66. The maximum Gasteiger partial charge on any atom is 0.203 e. The fraction of sp³-hybridized carbons (Fsp3) is 0.238. The van der Waals surface area contributed by atoms with Gasteiger partial charge in [-0.1, -0.05) is 56.3 Å². The lowest BCUT2D eigenvalue weighted by molar-refractivity contribution is 0.289. The van der Waals surface area contributed by atoms with Crippen LogP contribution in [0.1, 0.15) is 25.8 Å². The summed E-state index contributed by atoms with van der Waals surface area (Å²) in [6.45, 7) is 5.12. The second kappa shape index (κ2) is 9.15. The zero-order valence-electron chi connectivity index (χ0n) is 15.1. The van der Waals surface area contributed by atoms with Gasteiger partial charge in [0.2, 0.25) is 5.13 Å². The third-order valence-corrected chi connectivity index (χ3v) is 4.52. The highest BCUT2D eigenvalue weighted by Gasteiger charge is 2.03. The zero-order chi connectivity index (χ0) is 18.2. The summed E-state index contributed by atoms with van der Waals surface area (Å²) < 4.78 is 5.78. The molecule has 0 atom stereocenters. The predicted octanol–water partition coefficient (Wildman–Crippen LogP) is 5.68. The van der Waals surface area contributed by atoms with E-state index in [1.807, 2.05) is 60.0 Å². The van der Waals surface area contributed by atoms with Gasteiger partial charge in [0.1, 0.15) is 5.75 Å². The first-order valence-corrected chi connectivity index (χ1v) is 9.61. The van der Waals surface area contributed by atoms with Gasteiger partial charge >= 0.3 is 0 Å². The van der Waals surface area contributed by atoms with Crippen LogP contribution in [0.4, 0.5) is 5.13 Å². The maximum atomic E-state index is 5.78. The van der Waals surface area contributed by atoms with Crippen molar-refractivity contribution in [3.63, 3.8) is 0 Å². The number of benzene rings is 2. The molecule has 0 radical (unpaired) electrons. The van der Waals surface area contributed by atoms with Crippen molar-refractivity contribution in [2.24, 2.45) is 11.0 Å². The summed E-state index contributed by atoms with van der Waals surface area (Å²) in [5.41, 5.74) is 6.04. The molecule has 0 fully saturated rings. The number of nitrogens with one attached hydrogen (secondary N) is 1.